The number of anilines is 1. The SMILES string of the molecule is O=C(Nc1ccc(Br)cc1Cl)c1noc(C2CCCN2)n1. The fraction of sp³-hybridized carbons (Fsp3) is 0.308. The zero-order valence-corrected chi connectivity index (χ0v) is 13.2. The van der Waals surface area contributed by atoms with Crippen molar-refractivity contribution >= 4 is 39.1 Å². The zero-order chi connectivity index (χ0) is 14.8. The largest absolute Gasteiger partial charge is 0.337 e. The van der Waals surface area contributed by atoms with Gasteiger partial charge < -0.3 is 15.2 Å². The van der Waals surface area contributed by atoms with Crippen molar-refractivity contribution in [2.24, 2.45) is 0 Å². The Labute approximate surface area is 134 Å². The van der Waals surface area contributed by atoms with E-state index in [1.807, 2.05) is 0 Å². The lowest BCUT2D eigenvalue weighted by molar-refractivity contribution is 0.101. The summed E-state index contributed by atoms with van der Waals surface area (Å²) < 4.78 is 5.96. The normalized spacial score (nSPS) is 17.9. The average Bonchev–Trinajstić information content (AvgIpc) is 3.10. The Morgan fingerprint density at radius 1 is 1.52 bits per heavy atom. The molecule has 0 radical (unpaired) electrons. The Bertz CT molecular complexity index is 670. The van der Waals surface area contributed by atoms with Gasteiger partial charge in [0, 0.05) is 4.47 Å². The third kappa shape index (κ3) is 3.25. The van der Waals surface area contributed by atoms with Crippen molar-refractivity contribution < 1.29 is 9.32 Å². The van der Waals surface area contributed by atoms with E-state index in [4.69, 9.17) is 16.1 Å². The van der Waals surface area contributed by atoms with Crippen LogP contribution in [0.5, 0.6) is 0 Å². The maximum absolute atomic E-state index is 12.1. The van der Waals surface area contributed by atoms with Gasteiger partial charge in [-0.1, -0.05) is 32.7 Å². The van der Waals surface area contributed by atoms with Crippen molar-refractivity contribution in [3.63, 3.8) is 0 Å². The lowest BCUT2D eigenvalue weighted by atomic mass is 10.2. The molecule has 8 heteroatoms. The number of carbonyl (C=O) groups is 1. The molecule has 1 unspecified atom stereocenters. The summed E-state index contributed by atoms with van der Waals surface area (Å²) in [6, 6.07) is 5.21. The second-order valence-electron chi connectivity index (χ2n) is 4.68. The maximum Gasteiger partial charge on any atom is 0.297 e. The summed E-state index contributed by atoms with van der Waals surface area (Å²) in [7, 11) is 0. The Balaban J connectivity index is 1.73. The molecular formula is C13H12BrClN4O2. The third-order valence-corrected chi connectivity index (χ3v) is 3.99. The van der Waals surface area contributed by atoms with E-state index < -0.39 is 5.91 Å². The van der Waals surface area contributed by atoms with Crippen LogP contribution in [0.15, 0.2) is 27.2 Å². The van der Waals surface area contributed by atoms with Crippen molar-refractivity contribution in [2.45, 2.75) is 18.9 Å². The summed E-state index contributed by atoms with van der Waals surface area (Å²) in [5, 5.41) is 10.0. The minimum absolute atomic E-state index is 0.00214. The standard InChI is InChI=1S/C13H12BrClN4O2/c14-7-3-4-9(8(15)6-7)17-12(20)11-18-13(21-19-11)10-2-1-5-16-10/h3-4,6,10,16H,1-2,5H2,(H,17,20). The molecule has 1 fully saturated rings. The topological polar surface area (TPSA) is 80.0 Å². The molecule has 0 saturated carbocycles. The smallest absolute Gasteiger partial charge is 0.297 e. The van der Waals surface area contributed by atoms with Gasteiger partial charge in [0.05, 0.1) is 16.8 Å². The van der Waals surface area contributed by atoms with Crippen LogP contribution in [0.2, 0.25) is 5.02 Å². The molecule has 1 aliphatic heterocycles. The minimum atomic E-state index is -0.452. The predicted octanol–water partition coefficient (Wildman–Crippen LogP) is 3.16. The first-order valence-corrected chi connectivity index (χ1v) is 7.64. The van der Waals surface area contributed by atoms with Gasteiger partial charge in [0.15, 0.2) is 0 Å². The first-order valence-electron chi connectivity index (χ1n) is 6.47. The zero-order valence-electron chi connectivity index (χ0n) is 10.9. The molecule has 0 aliphatic carbocycles. The predicted molar refractivity (Wildman–Crippen MR) is 81.4 cm³/mol. The summed E-state index contributed by atoms with van der Waals surface area (Å²) in [4.78, 5) is 16.2. The Morgan fingerprint density at radius 3 is 3.10 bits per heavy atom. The highest BCUT2D eigenvalue weighted by atomic mass is 79.9. The van der Waals surface area contributed by atoms with Crippen LogP contribution < -0.4 is 10.6 Å². The Kier molecular flexibility index (Phi) is 4.23. The first-order chi connectivity index (χ1) is 10.1. The molecule has 0 spiro atoms. The first kappa shape index (κ1) is 14.5. The maximum atomic E-state index is 12.1. The number of carbonyl (C=O) groups excluding carboxylic acids is 1. The molecule has 1 aliphatic rings. The van der Waals surface area contributed by atoms with E-state index in [1.165, 1.54) is 0 Å². The molecule has 6 nitrogen and oxygen atoms in total. The van der Waals surface area contributed by atoms with Gasteiger partial charge in [-0.3, -0.25) is 4.79 Å². The Hall–Kier alpha value is -1.44. The van der Waals surface area contributed by atoms with Crippen LogP contribution in [-0.4, -0.2) is 22.6 Å². The van der Waals surface area contributed by atoms with Crippen LogP contribution in [0, 0.1) is 0 Å². The number of rotatable bonds is 3. The van der Waals surface area contributed by atoms with Crippen molar-refractivity contribution in [3.05, 3.63) is 39.4 Å². The molecule has 2 N–H and O–H groups in total. The number of nitrogens with one attached hydrogen (secondary N) is 2. The fourth-order valence-electron chi connectivity index (χ4n) is 2.13. The monoisotopic (exact) mass is 370 g/mol. The van der Waals surface area contributed by atoms with Gasteiger partial charge in [-0.25, -0.2) is 0 Å². The fourth-order valence-corrected chi connectivity index (χ4v) is 2.85. The Morgan fingerprint density at radius 2 is 2.38 bits per heavy atom. The molecular weight excluding hydrogens is 360 g/mol. The molecule has 1 aromatic heterocycles. The lowest BCUT2D eigenvalue weighted by Crippen LogP contribution is -2.16. The van der Waals surface area contributed by atoms with E-state index in [0.29, 0.717) is 16.6 Å². The number of halogens is 2. The van der Waals surface area contributed by atoms with E-state index in [0.717, 1.165) is 23.9 Å². The minimum Gasteiger partial charge on any atom is -0.337 e. The number of aromatic nitrogens is 2. The quantitative estimate of drug-likeness (QED) is 0.866. The van der Waals surface area contributed by atoms with Crippen LogP contribution in [-0.2, 0) is 0 Å². The number of hydrogen-bond acceptors (Lipinski definition) is 5. The molecule has 2 aromatic rings. The number of benzene rings is 1. The highest BCUT2D eigenvalue weighted by Gasteiger charge is 2.24. The number of amides is 1. The van der Waals surface area contributed by atoms with E-state index in [-0.39, 0.29) is 11.9 Å². The third-order valence-electron chi connectivity index (χ3n) is 3.18. The molecule has 3 rings (SSSR count). The molecule has 110 valence electrons. The highest BCUT2D eigenvalue weighted by molar-refractivity contribution is 9.10. The average molecular weight is 372 g/mol. The van der Waals surface area contributed by atoms with Crippen LogP contribution >= 0.6 is 27.5 Å². The summed E-state index contributed by atoms with van der Waals surface area (Å²) >= 11 is 9.36. The van der Waals surface area contributed by atoms with Gasteiger partial charge in [0.25, 0.3) is 11.7 Å². The van der Waals surface area contributed by atoms with Crippen molar-refractivity contribution in [1.29, 1.82) is 0 Å². The van der Waals surface area contributed by atoms with Crippen molar-refractivity contribution in [3.8, 4) is 0 Å². The molecule has 2 heterocycles. The van der Waals surface area contributed by atoms with Crippen LogP contribution in [0.4, 0.5) is 5.69 Å². The van der Waals surface area contributed by atoms with E-state index >= 15 is 0 Å². The second kappa shape index (κ2) is 6.13. The molecule has 1 aromatic carbocycles. The molecule has 1 saturated heterocycles. The van der Waals surface area contributed by atoms with Gasteiger partial charge in [-0.15, -0.1) is 0 Å². The lowest BCUT2D eigenvalue weighted by Gasteiger charge is -2.05. The van der Waals surface area contributed by atoms with Gasteiger partial charge in [-0.2, -0.15) is 4.98 Å². The summed E-state index contributed by atoms with van der Waals surface area (Å²) in [5.41, 5.74) is 0.496. The molecule has 1 amide bonds. The van der Waals surface area contributed by atoms with Gasteiger partial charge >= 0.3 is 0 Å². The summed E-state index contributed by atoms with van der Waals surface area (Å²) in [6.07, 6.45) is 1.99. The second-order valence-corrected chi connectivity index (χ2v) is 6.01. The molecule has 0 bridgehead atoms. The van der Waals surface area contributed by atoms with Crippen LogP contribution in [0.25, 0.3) is 0 Å². The van der Waals surface area contributed by atoms with Crippen molar-refractivity contribution in [1.82, 2.24) is 15.5 Å². The number of nitrogens with zero attached hydrogens (tertiary/aromatic N) is 2. The van der Waals surface area contributed by atoms with E-state index in [9.17, 15) is 4.79 Å². The van der Waals surface area contributed by atoms with Crippen LogP contribution in [0.1, 0.15) is 35.4 Å². The van der Waals surface area contributed by atoms with Crippen LogP contribution in [0.3, 0.4) is 0 Å². The molecule has 1 atom stereocenters. The highest BCUT2D eigenvalue weighted by Crippen LogP contribution is 2.26. The molecule has 21 heavy (non-hydrogen) atoms. The number of hydrogen-bond donors (Lipinski definition) is 2. The van der Waals surface area contributed by atoms with Gasteiger partial charge in [-0.05, 0) is 37.6 Å². The van der Waals surface area contributed by atoms with E-state index in [2.05, 4.69) is 36.7 Å². The van der Waals surface area contributed by atoms with Gasteiger partial charge in [0.2, 0.25) is 5.89 Å². The van der Waals surface area contributed by atoms with E-state index in [1.54, 1.807) is 18.2 Å². The van der Waals surface area contributed by atoms with Gasteiger partial charge in [0.1, 0.15) is 0 Å². The van der Waals surface area contributed by atoms with Crippen molar-refractivity contribution in [2.75, 3.05) is 11.9 Å². The summed E-state index contributed by atoms with van der Waals surface area (Å²) in [6.45, 7) is 0.920. The summed E-state index contributed by atoms with van der Waals surface area (Å²) in [5.74, 6) is -0.00976.